The minimum Gasteiger partial charge on any atom is -0.310 e. The molecule has 122 valence electrons. The van der Waals surface area contributed by atoms with Crippen molar-refractivity contribution >= 4 is 11.3 Å². The highest BCUT2D eigenvalue weighted by molar-refractivity contribution is 7.10. The van der Waals surface area contributed by atoms with E-state index < -0.39 is 0 Å². The molecule has 1 rings (SSSR count). The first-order valence-corrected chi connectivity index (χ1v) is 10.0. The Morgan fingerprint density at radius 1 is 0.952 bits per heavy atom. The number of thiophene rings is 1. The lowest BCUT2D eigenvalue weighted by Crippen LogP contribution is -2.20. The maximum atomic E-state index is 3.69. The third-order valence-electron chi connectivity index (χ3n) is 4.27. The largest absolute Gasteiger partial charge is 0.310 e. The van der Waals surface area contributed by atoms with Crippen LogP contribution in [0.4, 0.5) is 0 Å². The monoisotopic (exact) mass is 309 g/mol. The zero-order valence-corrected chi connectivity index (χ0v) is 15.2. The Morgan fingerprint density at radius 3 is 2.24 bits per heavy atom. The summed E-state index contributed by atoms with van der Waals surface area (Å²) in [5, 5.41) is 5.95. The Hall–Kier alpha value is -0.340. The molecule has 0 spiro atoms. The van der Waals surface area contributed by atoms with Crippen molar-refractivity contribution < 1.29 is 0 Å². The summed E-state index contributed by atoms with van der Waals surface area (Å²) in [6.07, 6.45) is 13.7. The molecule has 1 aromatic heterocycles. The second kappa shape index (κ2) is 12.2. The van der Waals surface area contributed by atoms with Gasteiger partial charge in [-0.1, -0.05) is 72.1 Å². The molecule has 21 heavy (non-hydrogen) atoms. The van der Waals surface area contributed by atoms with Gasteiger partial charge in [-0.2, -0.15) is 0 Å². The quantitative estimate of drug-likeness (QED) is 0.410. The van der Waals surface area contributed by atoms with Crippen LogP contribution in [0.1, 0.15) is 95.0 Å². The van der Waals surface area contributed by atoms with E-state index in [1.807, 2.05) is 11.3 Å². The molecule has 0 radical (unpaired) electrons. The highest BCUT2D eigenvalue weighted by atomic mass is 32.1. The van der Waals surface area contributed by atoms with Crippen LogP contribution in [0, 0.1) is 0 Å². The highest BCUT2D eigenvalue weighted by Crippen LogP contribution is 2.29. The van der Waals surface area contributed by atoms with Gasteiger partial charge >= 0.3 is 0 Å². The third-order valence-corrected chi connectivity index (χ3v) is 5.35. The predicted molar refractivity (Wildman–Crippen MR) is 97.3 cm³/mol. The number of aryl methyl sites for hydroxylation is 1. The molecule has 0 saturated carbocycles. The molecule has 1 atom stereocenters. The van der Waals surface area contributed by atoms with Crippen LogP contribution in [0.3, 0.4) is 0 Å². The smallest absolute Gasteiger partial charge is 0.0417 e. The number of nitrogens with one attached hydrogen (secondary N) is 1. The van der Waals surface area contributed by atoms with E-state index in [9.17, 15) is 0 Å². The molecular formula is C19H35NS. The fourth-order valence-corrected chi connectivity index (χ4v) is 4.11. The molecule has 0 fully saturated rings. The molecule has 0 aliphatic rings. The van der Waals surface area contributed by atoms with Gasteiger partial charge in [-0.25, -0.2) is 0 Å². The van der Waals surface area contributed by atoms with E-state index in [2.05, 4.69) is 37.5 Å². The Kier molecular flexibility index (Phi) is 10.9. The first kappa shape index (κ1) is 18.7. The van der Waals surface area contributed by atoms with Crippen molar-refractivity contribution in [1.82, 2.24) is 5.32 Å². The molecule has 0 saturated heterocycles. The molecule has 1 nitrogen and oxygen atoms in total. The van der Waals surface area contributed by atoms with Gasteiger partial charge in [0, 0.05) is 10.9 Å². The molecule has 0 aliphatic carbocycles. The number of hydrogen-bond donors (Lipinski definition) is 1. The number of unbranched alkanes of at least 4 members (excludes halogenated alkanes) is 7. The molecule has 2 heteroatoms. The van der Waals surface area contributed by atoms with Crippen LogP contribution in [-0.4, -0.2) is 6.54 Å². The van der Waals surface area contributed by atoms with Gasteiger partial charge in [0.1, 0.15) is 0 Å². The maximum Gasteiger partial charge on any atom is 0.0417 e. The summed E-state index contributed by atoms with van der Waals surface area (Å²) in [5.41, 5.74) is 1.55. The Bertz CT molecular complexity index is 345. The van der Waals surface area contributed by atoms with Crippen molar-refractivity contribution in [3.05, 3.63) is 21.9 Å². The summed E-state index contributed by atoms with van der Waals surface area (Å²) >= 11 is 1.94. The Morgan fingerprint density at radius 2 is 1.62 bits per heavy atom. The molecule has 0 bridgehead atoms. The van der Waals surface area contributed by atoms with E-state index in [4.69, 9.17) is 0 Å². The van der Waals surface area contributed by atoms with E-state index in [0.29, 0.717) is 6.04 Å². The third kappa shape index (κ3) is 7.46. The molecule has 0 aromatic carbocycles. The second-order valence-corrected chi connectivity index (χ2v) is 6.99. The van der Waals surface area contributed by atoms with Crippen molar-refractivity contribution in [1.29, 1.82) is 0 Å². The SMILES string of the molecule is CCCCCCCCCCC(NCC)c1sccc1CC. The molecule has 0 amide bonds. The van der Waals surface area contributed by atoms with Crippen LogP contribution >= 0.6 is 11.3 Å². The lowest BCUT2D eigenvalue weighted by atomic mass is 10.0. The van der Waals surface area contributed by atoms with Crippen LogP contribution in [-0.2, 0) is 6.42 Å². The van der Waals surface area contributed by atoms with Crippen LogP contribution in [0.15, 0.2) is 11.4 Å². The summed E-state index contributed by atoms with van der Waals surface area (Å²) in [6, 6.07) is 2.89. The lowest BCUT2D eigenvalue weighted by Gasteiger charge is -2.18. The molecule has 1 heterocycles. The van der Waals surface area contributed by atoms with Gasteiger partial charge in [0.25, 0.3) is 0 Å². The van der Waals surface area contributed by atoms with Gasteiger partial charge in [0.15, 0.2) is 0 Å². The summed E-state index contributed by atoms with van der Waals surface area (Å²) in [6.45, 7) is 7.85. The van der Waals surface area contributed by atoms with Gasteiger partial charge in [0.05, 0.1) is 0 Å². The molecule has 1 N–H and O–H groups in total. The fourth-order valence-electron chi connectivity index (χ4n) is 3.00. The van der Waals surface area contributed by atoms with Crippen molar-refractivity contribution in [3.8, 4) is 0 Å². The van der Waals surface area contributed by atoms with E-state index in [-0.39, 0.29) is 0 Å². The van der Waals surface area contributed by atoms with Crippen molar-refractivity contribution in [2.45, 2.75) is 91.0 Å². The van der Waals surface area contributed by atoms with E-state index in [1.165, 1.54) is 57.8 Å². The van der Waals surface area contributed by atoms with Gasteiger partial charge in [0.2, 0.25) is 0 Å². The highest BCUT2D eigenvalue weighted by Gasteiger charge is 2.14. The lowest BCUT2D eigenvalue weighted by molar-refractivity contribution is 0.478. The van der Waals surface area contributed by atoms with Gasteiger partial charge < -0.3 is 5.32 Å². The van der Waals surface area contributed by atoms with Crippen molar-refractivity contribution in [3.63, 3.8) is 0 Å². The second-order valence-electron chi connectivity index (χ2n) is 6.04. The standard InChI is InChI=1S/C19H35NS/c1-4-7-8-9-10-11-12-13-14-18(20-6-3)19-17(5-2)15-16-21-19/h15-16,18,20H,4-14H2,1-3H3. The van der Waals surface area contributed by atoms with Gasteiger partial charge in [-0.05, 0) is 36.4 Å². The molecule has 0 aliphatic heterocycles. The summed E-state index contributed by atoms with van der Waals surface area (Å²) < 4.78 is 0. The Balaban J connectivity index is 2.23. The maximum absolute atomic E-state index is 3.69. The first-order chi connectivity index (χ1) is 10.3. The molecule has 1 aromatic rings. The Labute approximate surface area is 136 Å². The number of rotatable bonds is 13. The zero-order chi connectivity index (χ0) is 15.3. The molecule has 1 unspecified atom stereocenters. The summed E-state index contributed by atoms with van der Waals surface area (Å²) in [7, 11) is 0. The minimum absolute atomic E-state index is 0.588. The first-order valence-electron chi connectivity index (χ1n) is 9.13. The molecular weight excluding hydrogens is 274 g/mol. The van der Waals surface area contributed by atoms with Crippen molar-refractivity contribution in [2.75, 3.05) is 6.54 Å². The van der Waals surface area contributed by atoms with Crippen LogP contribution < -0.4 is 5.32 Å². The van der Waals surface area contributed by atoms with Gasteiger partial charge in [-0.15, -0.1) is 11.3 Å². The van der Waals surface area contributed by atoms with Crippen LogP contribution in [0.25, 0.3) is 0 Å². The van der Waals surface area contributed by atoms with Crippen molar-refractivity contribution in [2.24, 2.45) is 0 Å². The van der Waals surface area contributed by atoms with E-state index in [1.54, 1.807) is 10.4 Å². The van der Waals surface area contributed by atoms with Crippen LogP contribution in [0.5, 0.6) is 0 Å². The topological polar surface area (TPSA) is 12.0 Å². The summed E-state index contributed by atoms with van der Waals surface area (Å²) in [4.78, 5) is 1.59. The average Bonchev–Trinajstić information content (AvgIpc) is 2.97. The average molecular weight is 310 g/mol. The minimum atomic E-state index is 0.588. The van der Waals surface area contributed by atoms with Crippen LogP contribution in [0.2, 0.25) is 0 Å². The fraction of sp³-hybridized carbons (Fsp3) is 0.789. The number of hydrogen-bond acceptors (Lipinski definition) is 2. The summed E-state index contributed by atoms with van der Waals surface area (Å²) in [5.74, 6) is 0. The predicted octanol–water partition coefficient (Wildman–Crippen LogP) is 6.49. The normalized spacial score (nSPS) is 12.7. The van der Waals surface area contributed by atoms with E-state index in [0.717, 1.165) is 13.0 Å². The van der Waals surface area contributed by atoms with Gasteiger partial charge in [-0.3, -0.25) is 0 Å². The zero-order valence-electron chi connectivity index (χ0n) is 14.4. The van der Waals surface area contributed by atoms with E-state index >= 15 is 0 Å².